The molecule has 1 amide bonds. The van der Waals surface area contributed by atoms with Gasteiger partial charge in [-0.25, -0.2) is 0 Å². The van der Waals surface area contributed by atoms with Gasteiger partial charge >= 0.3 is 0 Å². The predicted octanol–water partition coefficient (Wildman–Crippen LogP) is 5.61. The van der Waals surface area contributed by atoms with Gasteiger partial charge in [-0.2, -0.15) is 0 Å². The molecular weight excluding hydrogens is 436 g/mol. The molecule has 1 aliphatic rings. The third kappa shape index (κ3) is 4.42. The van der Waals surface area contributed by atoms with Gasteiger partial charge in [0, 0.05) is 28.8 Å². The lowest BCUT2D eigenvalue weighted by Crippen LogP contribution is -2.38. The van der Waals surface area contributed by atoms with Crippen molar-refractivity contribution in [2.24, 2.45) is 5.41 Å². The predicted molar refractivity (Wildman–Crippen MR) is 137 cm³/mol. The smallest absolute Gasteiger partial charge is 0.227 e. The van der Waals surface area contributed by atoms with Crippen LogP contribution in [0.15, 0.2) is 84.9 Å². The molecule has 1 aliphatic heterocycles. The second-order valence-electron chi connectivity index (χ2n) is 9.38. The number of aromatic nitrogens is 1. The summed E-state index contributed by atoms with van der Waals surface area (Å²) in [6.07, 6.45) is 0.613. The fourth-order valence-electron chi connectivity index (χ4n) is 5.04. The zero-order chi connectivity index (χ0) is 24.4. The number of carbonyl (C=O) groups excluding carboxylic acids is 2. The number of nitrogens with one attached hydrogen (secondary N) is 1. The molecule has 2 heterocycles. The minimum absolute atomic E-state index is 0.0439. The number of rotatable bonds is 7. The first kappa shape index (κ1) is 22.8. The summed E-state index contributed by atoms with van der Waals surface area (Å²) in [4.78, 5) is 31.0. The minimum Gasteiger partial charge on any atom is -0.489 e. The lowest BCUT2D eigenvalue weighted by molar-refractivity contribution is -0.127. The van der Waals surface area contributed by atoms with Crippen LogP contribution in [0, 0.1) is 12.3 Å². The summed E-state index contributed by atoms with van der Waals surface area (Å²) in [6, 6.07) is 26.9. The number of pyridine rings is 1. The first-order valence-corrected chi connectivity index (χ1v) is 11.9. The Morgan fingerprint density at radius 1 is 1.03 bits per heavy atom. The van der Waals surface area contributed by atoms with Crippen molar-refractivity contribution in [3.05, 3.63) is 107 Å². The second-order valence-corrected chi connectivity index (χ2v) is 9.38. The molecule has 4 aromatic rings. The van der Waals surface area contributed by atoms with E-state index < -0.39 is 11.3 Å². The van der Waals surface area contributed by atoms with Gasteiger partial charge in [0.25, 0.3) is 0 Å². The van der Waals surface area contributed by atoms with E-state index in [1.165, 1.54) is 0 Å². The van der Waals surface area contributed by atoms with E-state index in [9.17, 15) is 9.59 Å². The van der Waals surface area contributed by atoms with Crippen LogP contribution >= 0.6 is 0 Å². The monoisotopic (exact) mass is 464 g/mol. The Morgan fingerprint density at radius 3 is 2.46 bits per heavy atom. The number of Topliss-reactive ketones (excluding diaryl/α,β-unsaturated/α-hetero) is 1. The molecule has 0 saturated carbocycles. The molecule has 0 radical (unpaired) electrons. The normalized spacial score (nSPS) is 18.3. The molecule has 5 rings (SSSR count). The van der Waals surface area contributed by atoms with Gasteiger partial charge in [0.05, 0.1) is 16.8 Å². The van der Waals surface area contributed by atoms with Gasteiger partial charge in [-0.15, -0.1) is 0 Å². The summed E-state index contributed by atoms with van der Waals surface area (Å²) in [5, 5.41) is 3.99. The molecule has 1 fully saturated rings. The van der Waals surface area contributed by atoms with Crippen LogP contribution in [-0.4, -0.2) is 23.2 Å². The summed E-state index contributed by atoms with van der Waals surface area (Å²) in [7, 11) is 0. The van der Waals surface area contributed by atoms with Gasteiger partial charge in [-0.05, 0) is 50.1 Å². The summed E-state index contributed by atoms with van der Waals surface area (Å²) in [5.41, 5.74) is 3.59. The maximum atomic E-state index is 13.6. The average molecular weight is 465 g/mol. The number of amides is 1. The van der Waals surface area contributed by atoms with E-state index in [-0.39, 0.29) is 11.7 Å². The van der Waals surface area contributed by atoms with E-state index in [2.05, 4.69) is 16.4 Å². The molecule has 1 saturated heterocycles. The third-order valence-corrected chi connectivity index (χ3v) is 6.94. The van der Waals surface area contributed by atoms with E-state index >= 15 is 0 Å². The number of hydrogen-bond acceptors (Lipinski definition) is 4. The van der Waals surface area contributed by atoms with Crippen molar-refractivity contribution in [3.8, 4) is 5.75 Å². The highest BCUT2D eigenvalue weighted by atomic mass is 16.5. The van der Waals surface area contributed by atoms with E-state index in [0.717, 1.165) is 27.7 Å². The van der Waals surface area contributed by atoms with Crippen LogP contribution < -0.4 is 10.1 Å². The average Bonchev–Trinajstić information content (AvgIpc) is 3.22. The van der Waals surface area contributed by atoms with Gasteiger partial charge in [0.2, 0.25) is 5.91 Å². The fourth-order valence-corrected chi connectivity index (χ4v) is 5.04. The summed E-state index contributed by atoms with van der Waals surface area (Å²) in [6.45, 7) is 4.86. The number of ketones is 1. The lowest BCUT2D eigenvalue weighted by atomic mass is 9.69. The van der Waals surface area contributed by atoms with Gasteiger partial charge in [-0.3, -0.25) is 14.6 Å². The molecule has 2 atom stereocenters. The molecule has 176 valence electrons. The lowest BCUT2D eigenvalue weighted by Gasteiger charge is -2.31. The minimum atomic E-state index is -0.803. The van der Waals surface area contributed by atoms with Crippen LogP contribution in [0.3, 0.4) is 0 Å². The number of aryl methyl sites for hydroxylation is 1. The summed E-state index contributed by atoms with van der Waals surface area (Å²) >= 11 is 0. The molecule has 1 N–H and O–H groups in total. The van der Waals surface area contributed by atoms with Crippen LogP contribution in [0.2, 0.25) is 0 Å². The van der Waals surface area contributed by atoms with Gasteiger partial charge in [0.1, 0.15) is 12.4 Å². The number of fused-ring (bicyclic) bond motifs is 1. The molecule has 5 nitrogen and oxygen atoms in total. The summed E-state index contributed by atoms with van der Waals surface area (Å²) < 4.78 is 6.11. The molecule has 0 bridgehead atoms. The standard InChI is InChI=1S/C30H28N2O3/c1-20-18-23(25-10-6-7-11-26(25)32-20)19-35-24-14-12-21(13-15-24)27(30(2)16-17-31-29(30)34)28(33)22-8-4-3-5-9-22/h3-15,18,27H,16-17,19H2,1-2H3,(H,31,34). The SMILES string of the molecule is Cc1cc(COc2ccc(C(C(=O)c3ccccc3)C3(C)CCNC3=O)cc2)c2ccccc2n1. The van der Waals surface area contributed by atoms with Crippen molar-refractivity contribution in [1.82, 2.24) is 10.3 Å². The highest BCUT2D eigenvalue weighted by Gasteiger charge is 2.48. The Labute approximate surface area is 205 Å². The number of nitrogens with zero attached hydrogens (tertiary/aromatic N) is 1. The number of carbonyl (C=O) groups is 2. The number of hydrogen-bond donors (Lipinski definition) is 1. The largest absolute Gasteiger partial charge is 0.489 e. The Hall–Kier alpha value is -3.99. The van der Waals surface area contributed by atoms with Crippen molar-refractivity contribution in [3.63, 3.8) is 0 Å². The third-order valence-electron chi connectivity index (χ3n) is 6.94. The maximum Gasteiger partial charge on any atom is 0.227 e. The highest BCUT2D eigenvalue weighted by Crippen LogP contribution is 2.44. The molecule has 1 aromatic heterocycles. The van der Waals surface area contributed by atoms with Crippen molar-refractivity contribution in [2.75, 3.05) is 6.54 Å². The molecular formula is C30H28N2O3. The van der Waals surface area contributed by atoms with Crippen molar-refractivity contribution >= 4 is 22.6 Å². The fraction of sp³-hybridized carbons (Fsp3) is 0.233. The first-order chi connectivity index (χ1) is 17.0. The van der Waals surface area contributed by atoms with Crippen molar-refractivity contribution in [1.29, 1.82) is 0 Å². The van der Waals surface area contributed by atoms with Crippen LogP contribution in [-0.2, 0) is 11.4 Å². The molecule has 0 aliphatic carbocycles. The van der Waals surface area contributed by atoms with Crippen LogP contribution in [0.25, 0.3) is 10.9 Å². The Morgan fingerprint density at radius 2 is 1.74 bits per heavy atom. The topological polar surface area (TPSA) is 68.3 Å². The van der Waals surface area contributed by atoms with E-state index in [0.29, 0.717) is 30.9 Å². The molecule has 35 heavy (non-hydrogen) atoms. The Balaban J connectivity index is 1.42. The van der Waals surface area contributed by atoms with E-state index in [1.54, 1.807) is 0 Å². The highest BCUT2D eigenvalue weighted by molar-refractivity contribution is 6.05. The quantitative estimate of drug-likeness (QED) is 0.361. The van der Waals surface area contributed by atoms with Crippen molar-refractivity contribution in [2.45, 2.75) is 32.8 Å². The Kier molecular flexibility index (Phi) is 6.08. The maximum absolute atomic E-state index is 13.6. The number of benzene rings is 3. The number of ether oxygens (including phenoxy) is 1. The second kappa shape index (κ2) is 9.34. The van der Waals surface area contributed by atoms with Crippen LogP contribution in [0.1, 0.15) is 46.4 Å². The molecule has 0 spiro atoms. The van der Waals surface area contributed by atoms with E-state index in [4.69, 9.17) is 4.74 Å². The van der Waals surface area contributed by atoms with Gasteiger partial charge in [-0.1, -0.05) is 60.7 Å². The first-order valence-electron chi connectivity index (χ1n) is 11.9. The molecule has 2 unspecified atom stereocenters. The van der Waals surface area contributed by atoms with Gasteiger partial charge < -0.3 is 10.1 Å². The zero-order valence-electron chi connectivity index (χ0n) is 20.0. The number of para-hydroxylation sites is 1. The zero-order valence-corrected chi connectivity index (χ0v) is 20.0. The summed E-state index contributed by atoms with van der Waals surface area (Å²) in [5.74, 6) is 0.0112. The molecule has 5 heteroatoms. The van der Waals surface area contributed by atoms with Crippen LogP contribution in [0.4, 0.5) is 0 Å². The Bertz CT molecular complexity index is 1380. The van der Waals surface area contributed by atoms with E-state index in [1.807, 2.05) is 92.7 Å². The van der Waals surface area contributed by atoms with Gasteiger partial charge in [0.15, 0.2) is 5.78 Å². The van der Waals surface area contributed by atoms with Crippen LogP contribution in [0.5, 0.6) is 5.75 Å². The molecule has 3 aromatic carbocycles. The van der Waals surface area contributed by atoms with Crippen molar-refractivity contribution < 1.29 is 14.3 Å².